The summed E-state index contributed by atoms with van der Waals surface area (Å²) in [5.74, 6) is -0.0968. The number of piperazine rings is 1. The van der Waals surface area contributed by atoms with Crippen molar-refractivity contribution in [1.29, 1.82) is 0 Å². The molecule has 1 aromatic carbocycles. The lowest BCUT2D eigenvalue weighted by atomic mass is 10.1. The fraction of sp³-hybridized carbons (Fsp3) is 0.571. The van der Waals surface area contributed by atoms with Gasteiger partial charge in [0.05, 0.1) is 25.7 Å². The zero-order valence-corrected chi connectivity index (χ0v) is 17.6. The molecule has 1 atom stereocenters. The molecule has 0 aromatic heterocycles. The molecule has 8 nitrogen and oxygen atoms in total. The van der Waals surface area contributed by atoms with Gasteiger partial charge in [-0.15, -0.1) is 0 Å². The Kier molecular flexibility index (Phi) is 8.30. The highest BCUT2D eigenvalue weighted by Gasteiger charge is 2.35. The normalized spacial score (nSPS) is 16.6. The maximum Gasteiger partial charge on any atom is 0.308 e. The minimum Gasteiger partial charge on any atom is -0.491 e. The Morgan fingerprint density at radius 2 is 1.90 bits per heavy atom. The zero-order valence-electron chi connectivity index (χ0n) is 17.6. The maximum absolute atomic E-state index is 12.7. The fourth-order valence-corrected chi connectivity index (χ4v) is 2.90. The van der Waals surface area contributed by atoms with Crippen molar-refractivity contribution in [1.82, 2.24) is 10.2 Å². The number of rotatable bonds is 9. The summed E-state index contributed by atoms with van der Waals surface area (Å²) >= 11 is 0. The molecule has 1 saturated heterocycles. The summed E-state index contributed by atoms with van der Waals surface area (Å²) in [7, 11) is 0. The molecular formula is C21H31N3O5. The number of ether oxygens (including phenoxy) is 2. The molecule has 8 heteroatoms. The Bertz CT molecular complexity index is 703. The number of carbonyl (C=O) groups is 3. The number of carbonyl (C=O) groups excluding carboxylic acids is 3. The van der Waals surface area contributed by atoms with E-state index in [-0.39, 0.29) is 36.8 Å². The van der Waals surface area contributed by atoms with Crippen molar-refractivity contribution in [2.75, 3.05) is 31.6 Å². The van der Waals surface area contributed by atoms with Crippen molar-refractivity contribution in [3.63, 3.8) is 0 Å². The van der Waals surface area contributed by atoms with Gasteiger partial charge in [0, 0.05) is 18.8 Å². The molecule has 1 unspecified atom stereocenters. The molecule has 1 fully saturated rings. The lowest BCUT2D eigenvalue weighted by Crippen LogP contribution is -2.58. The second-order valence-corrected chi connectivity index (χ2v) is 7.72. The van der Waals surface area contributed by atoms with Gasteiger partial charge in [0.25, 0.3) is 0 Å². The van der Waals surface area contributed by atoms with Crippen LogP contribution in [0, 0.1) is 5.92 Å². The first-order chi connectivity index (χ1) is 13.8. The molecule has 29 heavy (non-hydrogen) atoms. The molecule has 0 spiro atoms. The Morgan fingerprint density at radius 1 is 1.21 bits per heavy atom. The van der Waals surface area contributed by atoms with E-state index in [2.05, 4.69) is 10.6 Å². The van der Waals surface area contributed by atoms with Crippen LogP contribution in [0.4, 0.5) is 5.69 Å². The summed E-state index contributed by atoms with van der Waals surface area (Å²) in [5.41, 5.74) is 0.767. The average molecular weight is 405 g/mol. The van der Waals surface area contributed by atoms with Gasteiger partial charge < -0.3 is 25.0 Å². The van der Waals surface area contributed by atoms with Gasteiger partial charge in [0.15, 0.2) is 0 Å². The summed E-state index contributed by atoms with van der Waals surface area (Å²) in [6.45, 7) is 8.81. The van der Waals surface area contributed by atoms with Gasteiger partial charge >= 0.3 is 5.97 Å². The van der Waals surface area contributed by atoms with Crippen molar-refractivity contribution in [3.8, 4) is 5.75 Å². The van der Waals surface area contributed by atoms with Crippen molar-refractivity contribution in [2.24, 2.45) is 5.92 Å². The Balaban J connectivity index is 1.92. The predicted molar refractivity (Wildman–Crippen MR) is 110 cm³/mol. The SMILES string of the molecule is CC(C)COC(=O)CC1C(=O)NCCN1C(=O)CNc1ccc(OC(C)C)cc1. The molecule has 1 aliphatic heterocycles. The summed E-state index contributed by atoms with van der Waals surface area (Å²) in [6, 6.07) is 6.46. The van der Waals surface area contributed by atoms with E-state index in [9.17, 15) is 14.4 Å². The number of hydrogen-bond acceptors (Lipinski definition) is 6. The van der Waals surface area contributed by atoms with Crippen molar-refractivity contribution in [3.05, 3.63) is 24.3 Å². The monoisotopic (exact) mass is 405 g/mol. The molecule has 2 N–H and O–H groups in total. The van der Waals surface area contributed by atoms with E-state index < -0.39 is 12.0 Å². The number of esters is 1. The average Bonchev–Trinajstić information content (AvgIpc) is 2.66. The van der Waals surface area contributed by atoms with Gasteiger partial charge in [-0.2, -0.15) is 0 Å². The highest BCUT2D eigenvalue weighted by molar-refractivity contribution is 5.93. The van der Waals surface area contributed by atoms with Crippen LogP contribution in [0.15, 0.2) is 24.3 Å². The van der Waals surface area contributed by atoms with E-state index >= 15 is 0 Å². The van der Waals surface area contributed by atoms with Crippen LogP contribution in [0.5, 0.6) is 5.75 Å². The lowest BCUT2D eigenvalue weighted by molar-refractivity contribution is -0.152. The molecule has 0 radical (unpaired) electrons. The number of amides is 2. The second-order valence-electron chi connectivity index (χ2n) is 7.72. The minimum atomic E-state index is -0.848. The van der Waals surface area contributed by atoms with Crippen LogP contribution in [0.25, 0.3) is 0 Å². The van der Waals surface area contributed by atoms with Crippen LogP contribution in [0.1, 0.15) is 34.1 Å². The van der Waals surface area contributed by atoms with E-state index in [1.807, 2.05) is 52.0 Å². The first-order valence-corrected chi connectivity index (χ1v) is 9.99. The molecule has 0 aliphatic carbocycles. The maximum atomic E-state index is 12.7. The largest absolute Gasteiger partial charge is 0.491 e. The summed E-state index contributed by atoms with van der Waals surface area (Å²) < 4.78 is 10.8. The molecule has 0 bridgehead atoms. The van der Waals surface area contributed by atoms with E-state index in [1.54, 1.807) is 0 Å². The highest BCUT2D eigenvalue weighted by Crippen LogP contribution is 2.17. The van der Waals surface area contributed by atoms with E-state index in [1.165, 1.54) is 4.90 Å². The molecular weight excluding hydrogens is 374 g/mol. The summed E-state index contributed by atoms with van der Waals surface area (Å²) in [4.78, 5) is 38.4. The van der Waals surface area contributed by atoms with Crippen LogP contribution in [0.2, 0.25) is 0 Å². The number of anilines is 1. The van der Waals surface area contributed by atoms with Gasteiger partial charge in [-0.3, -0.25) is 14.4 Å². The molecule has 2 rings (SSSR count). The van der Waals surface area contributed by atoms with E-state index in [0.29, 0.717) is 19.7 Å². The van der Waals surface area contributed by atoms with Crippen LogP contribution in [-0.4, -0.2) is 61.1 Å². The quantitative estimate of drug-likeness (QED) is 0.608. The number of nitrogens with one attached hydrogen (secondary N) is 2. The Labute approximate surface area is 171 Å². The predicted octanol–water partition coefficient (Wildman–Crippen LogP) is 1.80. The van der Waals surface area contributed by atoms with Crippen LogP contribution in [-0.2, 0) is 19.1 Å². The van der Waals surface area contributed by atoms with Gasteiger partial charge in [-0.25, -0.2) is 0 Å². The third kappa shape index (κ3) is 7.29. The van der Waals surface area contributed by atoms with Gasteiger partial charge in [-0.05, 0) is 44.0 Å². The first kappa shape index (κ1) is 22.5. The second kappa shape index (κ2) is 10.7. The van der Waals surface area contributed by atoms with Crippen molar-refractivity contribution in [2.45, 2.75) is 46.3 Å². The fourth-order valence-electron chi connectivity index (χ4n) is 2.90. The van der Waals surface area contributed by atoms with E-state index in [4.69, 9.17) is 9.47 Å². The number of hydrogen-bond donors (Lipinski definition) is 2. The topological polar surface area (TPSA) is 97.0 Å². The standard InChI is InChI=1S/C21H31N3O5/c1-14(2)13-28-20(26)11-18-21(27)22-9-10-24(18)19(25)12-23-16-5-7-17(8-6-16)29-15(3)4/h5-8,14-15,18,23H,9-13H2,1-4H3,(H,22,27). The molecule has 2 amide bonds. The third-order valence-corrected chi connectivity index (χ3v) is 4.26. The summed E-state index contributed by atoms with van der Waals surface area (Å²) in [6.07, 6.45) is -0.0595. The van der Waals surface area contributed by atoms with Crippen LogP contribution >= 0.6 is 0 Å². The van der Waals surface area contributed by atoms with Crippen LogP contribution in [0.3, 0.4) is 0 Å². The zero-order chi connectivity index (χ0) is 21.4. The smallest absolute Gasteiger partial charge is 0.308 e. The lowest BCUT2D eigenvalue weighted by Gasteiger charge is -2.34. The highest BCUT2D eigenvalue weighted by atomic mass is 16.5. The number of benzene rings is 1. The van der Waals surface area contributed by atoms with Gasteiger partial charge in [-0.1, -0.05) is 13.8 Å². The Morgan fingerprint density at radius 3 is 2.52 bits per heavy atom. The minimum absolute atomic E-state index is 0.0230. The number of nitrogens with zero attached hydrogens (tertiary/aromatic N) is 1. The van der Waals surface area contributed by atoms with E-state index in [0.717, 1.165) is 11.4 Å². The molecule has 1 aromatic rings. The molecule has 0 saturated carbocycles. The molecule has 1 heterocycles. The summed E-state index contributed by atoms with van der Waals surface area (Å²) in [5, 5.41) is 5.76. The first-order valence-electron chi connectivity index (χ1n) is 9.99. The van der Waals surface area contributed by atoms with Crippen molar-refractivity contribution >= 4 is 23.5 Å². The van der Waals surface area contributed by atoms with Crippen molar-refractivity contribution < 1.29 is 23.9 Å². The third-order valence-electron chi connectivity index (χ3n) is 4.26. The molecule has 1 aliphatic rings. The molecule has 160 valence electrons. The van der Waals surface area contributed by atoms with Gasteiger partial charge in [0.1, 0.15) is 11.8 Å². The van der Waals surface area contributed by atoms with Gasteiger partial charge in [0.2, 0.25) is 11.8 Å². The van der Waals surface area contributed by atoms with Crippen LogP contribution < -0.4 is 15.4 Å². The Hall–Kier alpha value is -2.77.